The highest BCUT2D eigenvalue weighted by Gasteiger charge is 2.25. The van der Waals surface area contributed by atoms with Crippen LogP contribution in [0.1, 0.15) is 6.42 Å². The molecule has 62 valence electrons. The largest absolute Gasteiger partial charge is 0.377 e. The summed E-state index contributed by atoms with van der Waals surface area (Å²) in [5.41, 5.74) is 0. The van der Waals surface area contributed by atoms with Crippen molar-refractivity contribution >= 4 is 5.91 Å². The summed E-state index contributed by atoms with van der Waals surface area (Å²) in [6.07, 6.45) is 0.604. The Balaban J connectivity index is 2.00. The maximum absolute atomic E-state index is 10.8. The Labute approximate surface area is 70.5 Å². The Kier molecular flexibility index (Phi) is 1.70. The summed E-state index contributed by atoms with van der Waals surface area (Å²) >= 11 is 0. The molecule has 1 amide bonds. The molecule has 0 unspecified atom stereocenters. The molecular formula is C9H9NO2. The zero-order valence-electron chi connectivity index (χ0n) is 6.56. The predicted octanol–water partition coefficient (Wildman–Crippen LogP) is 1.21. The van der Waals surface area contributed by atoms with E-state index in [2.05, 4.69) is 0 Å². The first kappa shape index (κ1) is 7.16. The molecule has 1 fully saturated rings. The van der Waals surface area contributed by atoms with Gasteiger partial charge < -0.3 is 4.84 Å². The van der Waals surface area contributed by atoms with Crippen LogP contribution >= 0.6 is 0 Å². The number of amides is 1. The van der Waals surface area contributed by atoms with Crippen molar-refractivity contribution in [1.29, 1.82) is 0 Å². The van der Waals surface area contributed by atoms with Gasteiger partial charge in [0.25, 0.3) is 5.91 Å². The normalized spacial score (nSPS) is 15.7. The van der Waals surface area contributed by atoms with Crippen molar-refractivity contribution < 1.29 is 9.63 Å². The van der Waals surface area contributed by atoms with E-state index in [0.717, 1.165) is 0 Å². The van der Waals surface area contributed by atoms with Crippen LogP contribution in [0, 0.1) is 0 Å². The molecule has 1 aromatic carbocycles. The molecule has 0 spiro atoms. The first-order chi connectivity index (χ1) is 5.86. The quantitative estimate of drug-likeness (QED) is 0.613. The SMILES string of the molecule is O=C1CCN1Oc1ccccc1. The van der Waals surface area contributed by atoms with Gasteiger partial charge in [0, 0.05) is 0 Å². The summed E-state index contributed by atoms with van der Waals surface area (Å²) in [5.74, 6) is 0.768. The minimum atomic E-state index is 0.0545. The highest BCUT2D eigenvalue weighted by molar-refractivity contribution is 5.80. The lowest BCUT2D eigenvalue weighted by molar-refractivity contribution is -0.174. The molecule has 0 aliphatic carbocycles. The standard InChI is InChI=1S/C9H9NO2/c11-9-6-7-10(9)12-8-4-2-1-3-5-8/h1-5H,6-7H2. The van der Waals surface area contributed by atoms with Gasteiger partial charge in [-0.2, -0.15) is 5.06 Å². The van der Waals surface area contributed by atoms with E-state index in [0.29, 0.717) is 18.7 Å². The number of hydrogen-bond donors (Lipinski definition) is 0. The lowest BCUT2D eigenvalue weighted by Gasteiger charge is -2.29. The molecule has 1 aliphatic rings. The number of hydrogen-bond acceptors (Lipinski definition) is 2. The van der Waals surface area contributed by atoms with Crippen molar-refractivity contribution in [2.24, 2.45) is 0 Å². The Bertz CT molecular complexity index is 284. The molecule has 3 heteroatoms. The molecule has 1 saturated heterocycles. The van der Waals surface area contributed by atoms with Crippen LogP contribution in [0.5, 0.6) is 5.75 Å². The summed E-state index contributed by atoms with van der Waals surface area (Å²) in [7, 11) is 0. The van der Waals surface area contributed by atoms with Gasteiger partial charge in [0.1, 0.15) is 0 Å². The first-order valence-electron chi connectivity index (χ1n) is 3.89. The molecule has 0 radical (unpaired) electrons. The van der Waals surface area contributed by atoms with Crippen molar-refractivity contribution in [3.8, 4) is 5.75 Å². The lowest BCUT2D eigenvalue weighted by Crippen LogP contribution is -2.45. The molecule has 1 aromatic rings. The van der Waals surface area contributed by atoms with Gasteiger partial charge in [-0.25, -0.2) is 0 Å². The number of carbonyl (C=O) groups is 1. The van der Waals surface area contributed by atoms with E-state index < -0.39 is 0 Å². The Morgan fingerprint density at radius 3 is 2.50 bits per heavy atom. The summed E-state index contributed by atoms with van der Waals surface area (Å²) < 4.78 is 0. The van der Waals surface area contributed by atoms with Gasteiger partial charge in [0.15, 0.2) is 5.75 Å². The predicted molar refractivity (Wildman–Crippen MR) is 43.4 cm³/mol. The fourth-order valence-corrected chi connectivity index (χ4v) is 1.000. The maximum atomic E-state index is 10.8. The van der Waals surface area contributed by atoms with E-state index in [4.69, 9.17) is 4.84 Å². The van der Waals surface area contributed by atoms with E-state index >= 15 is 0 Å². The van der Waals surface area contributed by atoms with Crippen molar-refractivity contribution in [2.45, 2.75) is 6.42 Å². The second kappa shape index (κ2) is 2.85. The number of rotatable bonds is 2. The Morgan fingerprint density at radius 1 is 1.25 bits per heavy atom. The number of carbonyl (C=O) groups excluding carboxylic acids is 1. The zero-order valence-corrected chi connectivity index (χ0v) is 6.56. The first-order valence-corrected chi connectivity index (χ1v) is 3.89. The van der Waals surface area contributed by atoms with Crippen LogP contribution < -0.4 is 4.84 Å². The van der Waals surface area contributed by atoms with E-state index in [9.17, 15) is 4.79 Å². The van der Waals surface area contributed by atoms with Crippen LogP contribution in [0.25, 0.3) is 0 Å². The van der Waals surface area contributed by atoms with Gasteiger partial charge in [-0.1, -0.05) is 18.2 Å². The molecule has 0 N–H and O–H groups in total. The fourth-order valence-electron chi connectivity index (χ4n) is 1.000. The van der Waals surface area contributed by atoms with Gasteiger partial charge in [0.05, 0.1) is 13.0 Å². The average Bonchev–Trinajstić information content (AvgIpc) is 2.14. The molecule has 1 aliphatic heterocycles. The average molecular weight is 163 g/mol. The van der Waals surface area contributed by atoms with E-state index in [-0.39, 0.29) is 5.91 Å². The van der Waals surface area contributed by atoms with E-state index in [1.165, 1.54) is 5.06 Å². The minimum Gasteiger partial charge on any atom is -0.377 e. The molecule has 2 rings (SSSR count). The number of β-lactam (4-membered cyclic amide) rings is 1. The van der Waals surface area contributed by atoms with Crippen molar-refractivity contribution in [2.75, 3.05) is 6.54 Å². The highest BCUT2D eigenvalue weighted by Crippen LogP contribution is 2.15. The van der Waals surface area contributed by atoms with Crippen LogP contribution in [0.4, 0.5) is 0 Å². The van der Waals surface area contributed by atoms with E-state index in [1.54, 1.807) is 0 Å². The lowest BCUT2D eigenvalue weighted by atomic mass is 10.3. The summed E-state index contributed by atoms with van der Waals surface area (Å²) in [6, 6.07) is 9.31. The fraction of sp³-hybridized carbons (Fsp3) is 0.222. The van der Waals surface area contributed by atoms with Gasteiger partial charge >= 0.3 is 0 Å². The zero-order chi connectivity index (χ0) is 8.39. The van der Waals surface area contributed by atoms with E-state index in [1.807, 2.05) is 30.3 Å². The third-order valence-electron chi connectivity index (χ3n) is 1.77. The second-order valence-electron chi connectivity index (χ2n) is 2.65. The second-order valence-corrected chi connectivity index (χ2v) is 2.65. The third-order valence-corrected chi connectivity index (χ3v) is 1.77. The maximum Gasteiger partial charge on any atom is 0.257 e. The highest BCUT2D eigenvalue weighted by atomic mass is 16.7. The summed E-state index contributed by atoms with van der Waals surface area (Å²) in [4.78, 5) is 16.1. The molecule has 0 atom stereocenters. The van der Waals surface area contributed by atoms with Crippen LogP contribution in [0.2, 0.25) is 0 Å². The number of nitrogens with zero attached hydrogens (tertiary/aromatic N) is 1. The van der Waals surface area contributed by atoms with Crippen LogP contribution in [-0.4, -0.2) is 17.5 Å². The number of hydroxylamine groups is 2. The molecule has 12 heavy (non-hydrogen) atoms. The van der Waals surface area contributed by atoms with Gasteiger partial charge in [-0.15, -0.1) is 0 Å². The molecule has 0 saturated carbocycles. The van der Waals surface area contributed by atoms with Crippen LogP contribution in [-0.2, 0) is 4.79 Å². The Morgan fingerprint density at radius 2 is 2.00 bits per heavy atom. The number of benzene rings is 1. The summed E-state index contributed by atoms with van der Waals surface area (Å²) in [6.45, 7) is 0.702. The summed E-state index contributed by atoms with van der Waals surface area (Å²) in [5, 5.41) is 1.37. The minimum absolute atomic E-state index is 0.0545. The third kappa shape index (κ3) is 1.25. The van der Waals surface area contributed by atoms with Crippen molar-refractivity contribution in [3.05, 3.63) is 30.3 Å². The topological polar surface area (TPSA) is 29.5 Å². The monoisotopic (exact) mass is 163 g/mol. The van der Waals surface area contributed by atoms with Crippen LogP contribution in [0.3, 0.4) is 0 Å². The van der Waals surface area contributed by atoms with Gasteiger partial charge in [-0.3, -0.25) is 4.79 Å². The smallest absolute Gasteiger partial charge is 0.257 e. The molecule has 0 bridgehead atoms. The molecule has 3 nitrogen and oxygen atoms in total. The Hall–Kier alpha value is -1.51. The molecule has 1 heterocycles. The molecular weight excluding hydrogens is 154 g/mol. The number of para-hydroxylation sites is 1. The van der Waals surface area contributed by atoms with Gasteiger partial charge in [-0.05, 0) is 12.1 Å². The van der Waals surface area contributed by atoms with Crippen molar-refractivity contribution in [3.63, 3.8) is 0 Å². The molecule has 0 aromatic heterocycles. The van der Waals surface area contributed by atoms with Crippen LogP contribution in [0.15, 0.2) is 30.3 Å². The van der Waals surface area contributed by atoms with Crippen molar-refractivity contribution in [1.82, 2.24) is 5.06 Å². The van der Waals surface area contributed by atoms with Gasteiger partial charge in [0.2, 0.25) is 0 Å².